The summed E-state index contributed by atoms with van der Waals surface area (Å²) in [5.74, 6) is 0. The molecule has 0 aliphatic carbocycles. The van der Waals surface area contributed by atoms with Crippen molar-refractivity contribution in [3.63, 3.8) is 0 Å². The molecule has 0 heterocycles. The molecular weight excluding hydrogens is 625 g/mol. The number of fused-ring (bicyclic) bond motifs is 5. The zero-order chi connectivity index (χ0) is 34.4. The van der Waals surface area contributed by atoms with Crippen LogP contribution in [0, 0.1) is 0 Å². The van der Waals surface area contributed by atoms with Gasteiger partial charge in [-0.1, -0.05) is 200 Å². The maximum atomic E-state index is 2.42. The summed E-state index contributed by atoms with van der Waals surface area (Å²) in [7, 11) is 0. The van der Waals surface area contributed by atoms with Crippen molar-refractivity contribution in [1.82, 2.24) is 0 Å². The highest BCUT2D eigenvalue weighted by Crippen LogP contribution is 2.48. The first-order valence-electron chi connectivity index (χ1n) is 18.0. The maximum absolute atomic E-state index is 2.42. The largest absolute Gasteiger partial charge is 0.0622 e. The van der Waals surface area contributed by atoms with Gasteiger partial charge in [0.05, 0.1) is 0 Å². The van der Waals surface area contributed by atoms with E-state index >= 15 is 0 Å². The Balaban J connectivity index is 1.28. The third-order valence-electron chi connectivity index (χ3n) is 10.7. The molecule has 0 nitrogen and oxygen atoms in total. The van der Waals surface area contributed by atoms with Crippen LogP contribution in [0.5, 0.6) is 0 Å². The Morgan fingerprint density at radius 3 is 1.38 bits per heavy atom. The number of hydrogen-bond donors (Lipinski definition) is 0. The van der Waals surface area contributed by atoms with Crippen LogP contribution in [-0.4, -0.2) is 0 Å². The maximum Gasteiger partial charge on any atom is -0.00199 e. The average Bonchev–Trinajstić information content (AvgIpc) is 3.23. The Labute approximate surface area is 303 Å². The van der Waals surface area contributed by atoms with Crippen LogP contribution in [0.1, 0.15) is 0 Å². The molecule has 0 N–H and O–H groups in total. The van der Waals surface area contributed by atoms with Gasteiger partial charge < -0.3 is 0 Å². The first kappa shape index (κ1) is 30.1. The molecule has 0 fully saturated rings. The van der Waals surface area contributed by atoms with Gasteiger partial charge >= 0.3 is 0 Å². The van der Waals surface area contributed by atoms with Crippen molar-refractivity contribution in [2.75, 3.05) is 0 Å². The van der Waals surface area contributed by atoms with E-state index in [0.29, 0.717) is 0 Å². The molecule has 0 aliphatic heterocycles. The second-order valence-corrected chi connectivity index (χ2v) is 13.6. The van der Waals surface area contributed by atoms with E-state index in [0.717, 1.165) is 0 Å². The van der Waals surface area contributed by atoms with Crippen molar-refractivity contribution in [2.24, 2.45) is 0 Å². The molecule has 0 radical (unpaired) electrons. The second-order valence-electron chi connectivity index (χ2n) is 13.6. The standard InChI is InChI=1S/C52H34/c1-3-14-35(15-4-1)37-26-28-39(29-27-37)42-20-9-10-21-45(42)51-47-22-11-12-23-48(47)52(50-34-40(31-33-49(50)51)36-16-5-2-6-17-36)46-25-13-24-43-41-19-8-7-18-38(41)30-32-44(43)46/h1-34H. The van der Waals surface area contributed by atoms with Gasteiger partial charge in [0.1, 0.15) is 0 Å². The van der Waals surface area contributed by atoms with Crippen molar-refractivity contribution in [2.45, 2.75) is 0 Å². The highest BCUT2D eigenvalue weighted by Gasteiger charge is 2.21. The lowest BCUT2D eigenvalue weighted by molar-refractivity contribution is 1.58. The van der Waals surface area contributed by atoms with Crippen molar-refractivity contribution < 1.29 is 0 Å². The molecule has 10 rings (SSSR count). The lowest BCUT2D eigenvalue weighted by Gasteiger charge is -2.21. The third kappa shape index (κ3) is 5.00. The second kappa shape index (κ2) is 12.5. The summed E-state index contributed by atoms with van der Waals surface area (Å²) < 4.78 is 0. The van der Waals surface area contributed by atoms with Gasteiger partial charge in [-0.2, -0.15) is 0 Å². The van der Waals surface area contributed by atoms with E-state index in [-0.39, 0.29) is 0 Å². The van der Waals surface area contributed by atoms with Crippen LogP contribution in [0.2, 0.25) is 0 Å². The molecule has 0 atom stereocenters. The fourth-order valence-corrected chi connectivity index (χ4v) is 8.25. The molecule has 0 bridgehead atoms. The Morgan fingerprint density at radius 1 is 0.192 bits per heavy atom. The molecule has 0 aliphatic rings. The molecule has 0 heteroatoms. The van der Waals surface area contributed by atoms with E-state index in [2.05, 4.69) is 206 Å². The fraction of sp³-hybridized carbons (Fsp3) is 0. The van der Waals surface area contributed by atoms with Gasteiger partial charge in [0, 0.05) is 0 Å². The molecule has 0 amide bonds. The molecule has 0 saturated carbocycles. The monoisotopic (exact) mass is 658 g/mol. The van der Waals surface area contributed by atoms with Crippen LogP contribution >= 0.6 is 0 Å². The molecule has 10 aromatic rings. The lowest BCUT2D eigenvalue weighted by atomic mass is 9.82. The Morgan fingerprint density at radius 2 is 0.654 bits per heavy atom. The van der Waals surface area contributed by atoms with Gasteiger partial charge in [-0.25, -0.2) is 0 Å². The minimum Gasteiger partial charge on any atom is -0.0622 e. The first-order chi connectivity index (χ1) is 25.8. The Bertz CT molecular complexity index is 2920. The molecule has 0 unspecified atom stereocenters. The Kier molecular flexibility index (Phi) is 7.25. The van der Waals surface area contributed by atoms with Crippen LogP contribution < -0.4 is 0 Å². The lowest BCUT2D eigenvalue weighted by Crippen LogP contribution is -1.94. The van der Waals surface area contributed by atoms with Crippen LogP contribution in [0.15, 0.2) is 206 Å². The number of benzene rings is 10. The average molecular weight is 659 g/mol. The predicted molar refractivity (Wildman–Crippen MR) is 224 cm³/mol. The van der Waals surface area contributed by atoms with Crippen molar-refractivity contribution in [3.05, 3.63) is 206 Å². The minimum absolute atomic E-state index is 1.21. The summed E-state index contributed by atoms with van der Waals surface area (Å²) in [5.41, 5.74) is 12.3. The summed E-state index contributed by atoms with van der Waals surface area (Å²) in [6.07, 6.45) is 0. The molecular formula is C52H34. The zero-order valence-electron chi connectivity index (χ0n) is 28.6. The predicted octanol–water partition coefficient (Wildman–Crippen LogP) is 14.6. The summed E-state index contributed by atoms with van der Waals surface area (Å²) in [5, 5.41) is 10.1. The van der Waals surface area contributed by atoms with Gasteiger partial charge in [-0.05, 0) is 105 Å². The summed E-state index contributed by atoms with van der Waals surface area (Å²) >= 11 is 0. The first-order valence-corrected chi connectivity index (χ1v) is 18.0. The van der Waals surface area contributed by atoms with Gasteiger partial charge in [-0.15, -0.1) is 0 Å². The fourth-order valence-electron chi connectivity index (χ4n) is 8.25. The smallest absolute Gasteiger partial charge is 0.00199 e. The molecule has 0 spiro atoms. The van der Waals surface area contributed by atoms with Gasteiger partial charge in [0.2, 0.25) is 0 Å². The van der Waals surface area contributed by atoms with E-state index in [9.17, 15) is 0 Å². The SMILES string of the molecule is c1ccc(-c2ccc(-c3ccccc3-c3c4ccccc4c(-c4cccc5c4ccc4ccccc45)c4cc(-c5ccccc5)ccc34)cc2)cc1. The van der Waals surface area contributed by atoms with E-state index in [1.165, 1.54) is 98.7 Å². The van der Waals surface area contributed by atoms with Crippen LogP contribution in [0.25, 0.3) is 98.7 Å². The van der Waals surface area contributed by atoms with Crippen molar-refractivity contribution in [3.8, 4) is 55.6 Å². The molecule has 0 saturated heterocycles. The zero-order valence-corrected chi connectivity index (χ0v) is 28.6. The third-order valence-corrected chi connectivity index (χ3v) is 10.7. The van der Waals surface area contributed by atoms with Gasteiger partial charge in [-0.3, -0.25) is 0 Å². The minimum atomic E-state index is 1.21. The summed E-state index contributed by atoms with van der Waals surface area (Å²) in [6, 6.07) is 75.6. The topological polar surface area (TPSA) is 0 Å². The molecule has 10 aromatic carbocycles. The number of hydrogen-bond acceptors (Lipinski definition) is 0. The highest BCUT2D eigenvalue weighted by molar-refractivity contribution is 6.26. The molecule has 242 valence electrons. The van der Waals surface area contributed by atoms with Crippen LogP contribution in [0.3, 0.4) is 0 Å². The van der Waals surface area contributed by atoms with E-state index in [4.69, 9.17) is 0 Å². The quantitative estimate of drug-likeness (QED) is 0.128. The molecule has 0 aromatic heterocycles. The van der Waals surface area contributed by atoms with E-state index < -0.39 is 0 Å². The van der Waals surface area contributed by atoms with Gasteiger partial charge in [0.15, 0.2) is 0 Å². The summed E-state index contributed by atoms with van der Waals surface area (Å²) in [4.78, 5) is 0. The molecule has 52 heavy (non-hydrogen) atoms. The van der Waals surface area contributed by atoms with Crippen LogP contribution in [0.4, 0.5) is 0 Å². The summed E-state index contributed by atoms with van der Waals surface area (Å²) in [6.45, 7) is 0. The van der Waals surface area contributed by atoms with Crippen LogP contribution in [-0.2, 0) is 0 Å². The number of rotatable bonds is 5. The Hall–Kier alpha value is -6.76. The normalized spacial score (nSPS) is 11.5. The van der Waals surface area contributed by atoms with Gasteiger partial charge in [0.25, 0.3) is 0 Å². The van der Waals surface area contributed by atoms with Crippen molar-refractivity contribution in [1.29, 1.82) is 0 Å². The van der Waals surface area contributed by atoms with Crippen molar-refractivity contribution >= 4 is 43.1 Å². The van der Waals surface area contributed by atoms with E-state index in [1.807, 2.05) is 0 Å². The van der Waals surface area contributed by atoms with E-state index in [1.54, 1.807) is 0 Å². The highest BCUT2D eigenvalue weighted by atomic mass is 14.2.